The molecule has 0 radical (unpaired) electrons. The molecule has 0 bridgehead atoms. The Morgan fingerprint density at radius 1 is 1.26 bits per heavy atom. The van der Waals surface area contributed by atoms with Crippen LogP contribution in [-0.2, 0) is 9.59 Å². The number of thiazole rings is 1. The largest absolute Gasteiger partial charge is 0.302 e. The Balaban J connectivity index is 1.37. The van der Waals surface area contributed by atoms with Gasteiger partial charge in [0.15, 0.2) is 5.13 Å². The third-order valence-corrected chi connectivity index (χ3v) is 6.94. The molecule has 5 nitrogen and oxygen atoms in total. The third-order valence-electron chi connectivity index (χ3n) is 3.79. The fourth-order valence-electron chi connectivity index (χ4n) is 2.52. The molecule has 2 amide bonds. The van der Waals surface area contributed by atoms with Crippen molar-refractivity contribution in [2.75, 3.05) is 11.9 Å². The van der Waals surface area contributed by atoms with E-state index in [9.17, 15) is 9.59 Å². The maximum atomic E-state index is 12.5. The minimum absolute atomic E-state index is 0.147. The number of fused-ring (bicyclic) bond motifs is 1. The van der Waals surface area contributed by atoms with Crippen molar-refractivity contribution in [3.63, 3.8) is 0 Å². The van der Waals surface area contributed by atoms with Crippen molar-refractivity contribution in [3.8, 4) is 0 Å². The van der Waals surface area contributed by atoms with E-state index >= 15 is 0 Å². The number of hydrogen-bond donors (Lipinski definition) is 1. The second-order valence-corrected chi connectivity index (χ2v) is 9.32. The number of hydrogen-bond acceptors (Lipinski definition) is 7. The summed E-state index contributed by atoms with van der Waals surface area (Å²) in [5.74, 6) is -0.337. The van der Waals surface area contributed by atoms with Gasteiger partial charge in [0.1, 0.15) is 4.32 Å². The van der Waals surface area contributed by atoms with E-state index in [2.05, 4.69) is 10.3 Å². The number of thioether (sulfide) groups is 1. The van der Waals surface area contributed by atoms with Crippen LogP contribution >= 0.6 is 46.7 Å². The number of thiocarbonyl (C=S) groups is 1. The van der Waals surface area contributed by atoms with Crippen LogP contribution < -0.4 is 5.32 Å². The van der Waals surface area contributed by atoms with Crippen LogP contribution in [0.4, 0.5) is 5.13 Å². The minimum atomic E-state index is -0.189. The molecular formula is C18H13N3O2S4. The van der Waals surface area contributed by atoms with Crippen molar-refractivity contribution in [2.45, 2.75) is 6.42 Å². The van der Waals surface area contributed by atoms with Gasteiger partial charge >= 0.3 is 0 Å². The summed E-state index contributed by atoms with van der Waals surface area (Å²) in [6.07, 6.45) is 2.00. The zero-order valence-corrected chi connectivity index (χ0v) is 17.1. The van der Waals surface area contributed by atoms with Crippen LogP contribution in [0.15, 0.2) is 46.7 Å². The van der Waals surface area contributed by atoms with E-state index in [1.807, 2.05) is 47.9 Å². The number of thiophene rings is 1. The molecule has 1 N–H and O–H groups in total. The highest BCUT2D eigenvalue weighted by Gasteiger charge is 2.32. The molecule has 1 aliphatic heterocycles. The summed E-state index contributed by atoms with van der Waals surface area (Å²) in [7, 11) is 0. The third kappa shape index (κ3) is 4.11. The van der Waals surface area contributed by atoms with Crippen LogP contribution in [-0.4, -0.2) is 32.6 Å². The van der Waals surface area contributed by atoms with Crippen LogP contribution in [0, 0.1) is 0 Å². The number of carbonyl (C=O) groups excluding carboxylic acids is 2. The molecule has 9 heteroatoms. The number of para-hydroxylation sites is 1. The Morgan fingerprint density at radius 2 is 2.11 bits per heavy atom. The van der Waals surface area contributed by atoms with Gasteiger partial charge < -0.3 is 5.32 Å². The van der Waals surface area contributed by atoms with E-state index in [-0.39, 0.29) is 24.8 Å². The Kier molecular flexibility index (Phi) is 5.35. The van der Waals surface area contributed by atoms with Crippen molar-refractivity contribution in [1.29, 1.82) is 0 Å². The minimum Gasteiger partial charge on any atom is -0.302 e. The lowest BCUT2D eigenvalue weighted by Crippen LogP contribution is -2.31. The van der Waals surface area contributed by atoms with Crippen molar-refractivity contribution in [2.24, 2.45) is 0 Å². The van der Waals surface area contributed by atoms with Crippen molar-refractivity contribution >= 4 is 84.2 Å². The molecule has 3 aromatic rings. The summed E-state index contributed by atoms with van der Waals surface area (Å²) >= 11 is 9.56. The van der Waals surface area contributed by atoms with Gasteiger partial charge in [-0.1, -0.05) is 53.5 Å². The molecule has 1 aromatic carbocycles. The van der Waals surface area contributed by atoms with E-state index in [1.165, 1.54) is 28.0 Å². The average molecular weight is 432 g/mol. The normalized spacial score (nSPS) is 15.9. The summed E-state index contributed by atoms with van der Waals surface area (Å²) in [5, 5.41) is 5.32. The first-order valence-electron chi connectivity index (χ1n) is 8.04. The van der Waals surface area contributed by atoms with E-state index < -0.39 is 0 Å². The summed E-state index contributed by atoms with van der Waals surface area (Å²) in [4.78, 5) is 32.3. The van der Waals surface area contributed by atoms with Crippen LogP contribution in [0.1, 0.15) is 11.3 Å². The maximum absolute atomic E-state index is 12.5. The van der Waals surface area contributed by atoms with E-state index in [4.69, 9.17) is 12.2 Å². The van der Waals surface area contributed by atoms with E-state index in [1.54, 1.807) is 11.3 Å². The molecule has 1 saturated heterocycles. The number of nitrogens with one attached hydrogen (secondary N) is 1. The van der Waals surface area contributed by atoms with Gasteiger partial charge in [-0.15, -0.1) is 11.3 Å². The molecule has 2 aromatic heterocycles. The number of aromatic nitrogens is 1. The SMILES string of the molecule is O=C(CCN1C(=O)/C(=C\c2cccs2)SC1=S)Nc1nc2ccccc2s1. The number of benzene rings is 1. The van der Waals surface area contributed by atoms with Gasteiger partial charge in [0.25, 0.3) is 5.91 Å². The van der Waals surface area contributed by atoms with Crippen molar-refractivity contribution < 1.29 is 9.59 Å². The molecule has 3 heterocycles. The quantitative estimate of drug-likeness (QED) is 0.473. The predicted octanol–water partition coefficient (Wildman–Crippen LogP) is 4.59. The van der Waals surface area contributed by atoms with E-state index in [0.29, 0.717) is 14.4 Å². The second-order valence-electron chi connectivity index (χ2n) is 5.63. The number of rotatable bonds is 5. The van der Waals surface area contributed by atoms with Crippen LogP contribution in [0.2, 0.25) is 0 Å². The molecule has 0 atom stereocenters. The highest BCUT2D eigenvalue weighted by atomic mass is 32.2. The zero-order valence-electron chi connectivity index (χ0n) is 13.9. The first-order chi connectivity index (χ1) is 13.1. The number of anilines is 1. The Hall–Kier alpha value is -2.07. The summed E-state index contributed by atoms with van der Waals surface area (Å²) in [6, 6.07) is 11.6. The molecule has 0 unspecified atom stereocenters. The Labute approximate surface area is 173 Å². The predicted molar refractivity (Wildman–Crippen MR) is 117 cm³/mol. The van der Waals surface area contributed by atoms with E-state index in [0.717, 1.165) is 15.1 Å². The number of nitrogens with zero attached hydrogens (tertiary/aromatic N) is 2. The summed E-state index contributed by atoms with van der Waals surface area (Å²) in [6.45, 7) is 0.253. The number of amides is 2. The highest BCUT2D eigenvalue weighted by molar-refractivity contribution is 8.26. The van der Waals surface area contributed by atoms with Crippen LogP contribution in [0.3, 0.4) is 0 Å². The fourth-order valence-corrected chi connectivity index (χ4v) is 5.43. The zero-order chi connectivity index (χ0) is 18.8. The second kappa shape index (κ2) is 7.89. The Bertz CT molecular complexity index is 1020. The average Bonchev–Trinajstić information content (AvgIpc) is 3.34. The molecule has 0 spiro atoms. The van der Waals surface area contributed by atoms with Gasteiger partial charge in [0, 0.05) is 17.8 Å². The lowest BCUT2D eigenvalue weighted by Gasteiger charge is -2.13. The maximum Gasteiger partial charge on any atom is 0.266 e. The van der Waals surface area contributed by atoms with Crippen LogP contribution in [0.25, 0.3) is 16.3 Å². The first kappa shape index (κ1) is 18.3. The first-order valence-corrected chi connectivity index (χ1v) is 11.0. The van der Waals surface area contributed by atoms with Gasteiger partial charge in [-0.25, -0.2) is 4.98 Å². The van der Waals surface area contributed by atoms with Crippen molar-refractivity contribution in [1.82, 2.24) is 9.88 Å². The molecular weight excluding hydrogens is 418 g/mol. The van der Waals surface area contributed by atoms with Gasteiger partial charge in [0.05, 0.1) is 15.1 Å². The molecule has 136 valence electrons. The fraction of sp³-hybridized carbons (Fsp3) is 0.111. The smallest absolute Gasteiger partial charge is 0.266 e. The van der Waals surface area contributed by atoms with Gasteiger partial charge in [-0.05, 0) is 29.7 Å². The van der Waals surface area contributed by atoms with Crippen LogP contribution in [0.5, 0.6) is 0 Å². The molecule has 1 fully saturated rings. The van der Waals surface area contributed by atoms with Gasteiger partial charge in [-0.3, -0.25) is 14.5 Å². The highest BCUT2D eigenvalue weighted by Crippen LogP contribution is 2.33. The van der Waals surface area contributed by atoms with Gasteiger partial charge in [0.2, 0.25) is 5.91 Å². The molecule has 0 aliphatic carbocycles. The topological polar surface area (TPSA) is 62.3 Å². The Morgan fingerprint density at radius 3 is 2.89 bits per heavy atom. The standard InChI is InChI=1S/C18H13N3O2S4/c22-15(20-17-19-12-5-1-2-6-13(12)26-17)7-8-21-16(23)14(27-18(21)24)10-11-4-3-9-25-11/h1-6,9-10H,7-8H2,(H,19,20,22)/b14-10+. The lowest BCUT2D eigenvalue weighted by atomic mass is 10.3. The summed E-state index contributed by atoms with van der Waals surface area (Å²) in [5.41, 5.74) is 0.855. The summed E-state index contributed by atoms with van der Waals surface area (Å²) < 4.78 is 1.50. The molecule has 4 rings (SSSR count). The van der Waals surface area contributed by atoms with Crippen molar-refractivity contribution in [3.05, 3.63) is 51.6 Å². The number of carbonyl (C=O) groups is 2. The monoisotopic (exact) mass is 431 g/mol. The molecule has 27 heavy (non-hydrogen) atoms. The molecule has 1 aliphatic rings. The van der Waals surface area contributed by atoms with Gasteiger partial charge in [-0.2, -0.15) is 0 Å². The lowest BCUT2D eigenvalue weighted by molar-refractivity contribution is -0.122. The molecule has 0 saturated carbocycles.